The third-order valence-electron chi connectivity index (χ3n) is 3.00. The van der Waals surface area contributed by atoms with Gasteiger partial charge in [0.25, 0.3) is 0 Å². The fourth-order valence-electron chi connectivity index (χ4n) is 1.72. The second-order valence-electron chi connectivity index (χ2n) is 4.85. The number of carboxylic acid groups (broad SMARTS) is 1. The number of aromatic nitrogens is 1. The summed E-state index contributed by atoms with van der Waals surface area (Å²) in [7, 11) is 0. The average molecular weight is 264 g/mol. The van der Waals surface area contributed by atoms with E-state index in [1.54, 1.807) is 12.4 Å². The molecule has 0 aliphatic heterocycles. The third-order valence-corrected chi connectivity index (χ3v) is 3.00. The van der Waals surface area contributed by atoms with E-state index in [0.29, 0.717) is 12.8 Å². The van der Waals surface area contributed by atoms with Gasteiger partial charge < -0.3 is 10.4 Å². The predicted molar refractivity (Wildman–Crippen MR) is 71.5 cm³/mol. The average Bonchev–Trinajstić information content (AvgIpc) is 2.37. The molecule has 0 spiro atoms. The van der Waals surface area contributed by atoms with Crippen LogP contribution in [-0.4, -0.2) is 28.5 Å². The zero-order valence-electron chi connectivity index (χ0n) is 11.3. The molecule has 1 amide bonds. The predicted octanol–water partition coefficient (Wildman–Crippen LogP) is 1.49. The van der Waals surface area contributed by atoms with Crippen LogP contribution in [0, 0.1) is 11.8 Å². The van der Waals surface area contributed by atoms with Crippen molar-refractivity contribution in [3.63, 3.8) is 0 Å². The number of hydrogen-bond donors (Lipinski definition) is 2. The van der Waals surface area contributed by atoms with Crippen molar-refractivity contribution in [1.82, 2.24) is 10.3 Å². The maximum Gasteiger partial charge on any atom is 0.308 e. The molecule has 1 rings (SSSR count). The van der Waals surface area contributed by atoms with Crippen LogP contribution in [-0.2, 0) is 16.0 Å². The van der Waals surface area contributed by atoms with E-state index in [-0.39, 0.29) is 18.4 Å². The SMILES string of the molecule is CC(C)C(CNC(=O)CCc1cccnc1)C(=O)O. The molecule has 5 heteroatoms. The number of nitrogens with one attached hydrogen (secondary N) is 1. The molecule has 0 aliphatic rings. The minimum Gasteiger partial charge on any atom is -0.481 e. The molecule has 0 radical (unpaired) electrons. The zero-order chi connectivity index (χ0) is 14.3. The Bertz CT molecular complexity index is 418. The highest BCUT2D eigenvalue weighted by Gasteiger charge is 2.21. The van der Waals surface area contributed by atoms with Gasteiger partial charge in [-0.25, -0.2) is 0 Å². The standard InChI is InChI=1S/C14H20N2O3/c1-10(2)12(14(18)19)9-16-13(17)6-5-11-4-3-7-15-8-11/h3-4,7-8,10,12H,5-6,9H2,1-2H3,(H,16,17)(H,18,19). The number of hydrogen-bond acceptors (Lipinski definition) is 3. The molecule has 1 heterocycles. The lowest BCUT2D eigenvalue weighted by atomic mass is 9.96. The van der Waals surface area contributed by atoms with Crippen LogP contribution in [0.2, 0.25) is 0 Å². The molecule has 2 N–H and O–H groups in total. The van der Waals surface area contributed by atoms with Gasteiger partial charge >= 0.3 is 5.97 Å². The first-order chi connectivity index (χ1) is 9.00. The lowest BCUT2D eigenvalue weighted by molar-refractivity contribution is -0.143. The Morgan fingerprint density at radius 1 is 1.42 bits per heavy atom. The number of carboxylic acids is 1. The summed E-state index contributed by atoms with van der Waals surface area (Å²) in [6.07, 6.45) is 4.36. The summed E-state index contributed by atoms with van der Waals surface area (Å²) < 4.78 is 0. The van der Waals surface area contributed by atoms with Crippen LogP contribution in [0.25, 0.3) is 0 Å². The van der Waals surface area contributed by atoms with E-state index < -0.39 is 11.9 Å². The molecular formula is C14H20N2O3. The largest absolute Gasteiger partial charge is 0.481 e. The van der Waals surface area contributed by atoms with Gasteiger partial charge in [-0.05, 0) is 24.0 Å². The van der Waals surface area contributed by atoms with E-state index in [4.69, 9.17) is 5.11 Å². The number of rotatable bonds is 7. The fraction of sp³-hybridized carbons (Fsp3) is 0.500. The van der Waals surface area contributed by atoms with Crippen LogP contribution in [0.15, 0.2) is 24.5 Å². The van der Waals surface area contributed by atoms with Gasteiger partial charge in [0.15, 0.2) is 0 Å². The monoisotopic (exact) mass is 264 g/mol. The summed E-state index contributed by atoms with van der Waals surface area (Å²) in [5.41, 5.74) is 0.997. The van der Waals surface area contributed by atoms with E-state index in [0.717, 1.165) is 5.56 Å². The first-order valence-corrected chi connectivity index (χ1v) is 6.39. The highest BCUT2D eigenvalue weighted by molar-refractivity contribution is 5.77. The number of carbonyl (C=O) groups is 2. The van der Waals surface area contributed by atoms with Crippen molar-refractivity contribution in [3.8, 4) is 0 Å². The summed E-state index contributed by atoms with van der Waals surface area (Å²) in [6, 6.07) is 3.74. The lowest BCUT2D eigenvalue weighted by Crippen LogP contribution is -2.35. The Balaban J connectivity index is 2.33. The number of amides is 1. The Hall–Kier alpha value is -1.91. The Morgan fingerprint density at radius 2 is 2.16 bits per heavy atom. The van der Waals surface area contributed by atoms with Gasteiger partial charge in [-0.2, -0.15) is 0 Å². The summed E-state index contributed by atoms with van der Waals surface area (Å²) in [4.78, 5) is 26.6. The zero-order valence-corrected chi connectivity index (χ0v) is 11.3. The van der Waals surface area contributed by atoms with E-state index in [1.165, 1.54) is 0 Å². The van der Waals surface area contributed by atoms with Gasteiger partial charge in [0.2, 0.25) is 5.91 Å². The molecule has 0 aliphatic carbocycles. The van der Waals surface area contributed by atoms with Gasteiger partial charge in [-0.15, -0.1) is 0 Å². The lowest BCUT2D eigenvalue weighted by Gasteiger charge is -2.16. The second-order valence-corrected chi connectivity index (χ2v) is 4.85. The smallest absolute Gasteiger partial charge is 0.308 e. The first kappa shape index (κ1) is 15.1. The van der Waals surface area contributed by atoms with Crippen molar-refractivity contribution in [2.24, 2.45) is 11.8 Å². The van der Waals surface area contributed by atoms with E-state index in [9.17, 15) is 9.59 Å². The molecule has 104 valence electrons. The van der Waals surface area contributed by atoms with Crippen LogP contribution in [0.1, 0.15) is 25.8 Å². The first-order valence-electron chi connectivity index (χ1n) is 6.39. The Morgan fingerprint density at radius 3 is 2.68 bits per heavy atom. The van der Waals surface area contributed by atoms with Crippen LogP contribution in [0.5, 0.6) is 0 Å². The normalized spacial score (nSPS) is 12.2. The topological polar surface area (TPSA) is 79.3 Å². The summed E-state index contributed by atoms with van der Waals surface area (Å²) in [6.45, 7) is 3.85. The minimum absolute atomic E-state index is 0.00359. The summed E-state index contributed by atoms with van der Waals surface area (Å²) >= 11 is 0. The fourth-order valence-corrected chi connectivity index (χ4v) is 1.72. The molecule has 1 aromatic rings. The van der Waals surface area contributed by atoms with Crippen LogP contribution < -0.4 is 5.32 Å². The van der Waals surface area contributed by atoms with E-state index in [2.05, 4.69) is 10.3 Å². The molecule has 1 unspecified atom stereocenters. The van der Waals surface area contributed by atoms with Crippen molar-refractivity contribution in [2.75, 3.05) is 6.54 Å². The molecule has 0 bridgehead atoms. The maximum atomic E-state index is 11.6. The molecule has 0 saturated carbocycles. The molecule has 5 nitrogen and oxygen atoms in total. The van der Waals surface area contributed by atoms with E-state index >= 15 is 0 Å². The van der Waals surface area contributed by atoms with Crippen LogP contribution in [0.4, 0.5) is 0 Å². The Kier molecular flexibility index (Phi) is 5.99. The van der Waals surface area contributed by atoms with Gasteiger partial charge in [-0.1, -0.05) is 19.9 Å². The van der Waals surface area contributed by atoms with Crippen LogP contribution >= 0.6 is 0 Å². The van der Waals surface area contributed by atoms with Crippen molar-refractivity contribution in [1.29, 1.82) is 0 Å². The van der Waals surface area contributed by atoms with Crippen molar-refractivity contribution in [3.05, 3.63) is 30.1 Å². The summed E-state index contributed by atoms with van der Waals surface area (Å²) in [5.74, 6) is -1.54. The quantitative estimate of drug-likeness (QED) is 0.782. The molecule has 0 aromatic carbocycles. The molecule has 19 heavy (non-hydrogen) atoms. The molecule has 1 atom stereocenters. The number of carbonyl (C=O) groups excluding carboxylic acids is 1. The number of pyridine rings is 1. The van der Waals surface area contributed by atoms with Gasteiger partial charge in [0, 0.05) is 25.4 Å². The number of nitrogens with zero attached hydrogens (tertiary/aromatic N) is 1. The van der Waals surface area contributed by atoms with Crippen molar-refractivity contribution in [2.45, 2.75) is 26.7 Å². The van der Waals surface area contributed by atoms with Crippen molar-refractivity contribution < 1.29 is 14.7 Å². The maximum absolute atomic E-state index is 11.6. The van der Waals surface area contributed by atoms with Gasteiger partial charge in [0.1, 0.15) is 0 Å². The highest BCUT2D eigenvalue weighted by Crippen LogP contribution is 2.09. The molecule has 1 aromatic heterocycles. The number of aryl methyl sites for hydroxylation is 1. The van der Waals surface area contributed by atoms with Crippen LogP contribution in [0.3, 0.4) is 0 Å². The molecule has 0 fully saturated rings. The second kappa shape index (κ2) is 7.51. The molecule has 0 saturated heterocycles. The van der Waals surface area contributed by atoms with Crippen molar-refractivity contribution >= 4 is 11.9 Å². The number of aliphatic carboxylic acids is 1. The van der Waals surface area contributed by atoms with E-state index in [1.807, 2.05) is 26.0 Å². The third kappa shape index (κ3) is 5.50. The minimum atomic E-state index is -0.873. The molecular weight excluding hydrogens is 244 g/mol. The van der Waals surface area contributed by atoms with Gasteiger partial charge in [-0.3, -0.25) is 14.6 Å². The Labute approximate surface area is 113 Å². The highest BCUT2D eigenvalue weighted by atomic mass is 16.4. The summed E-state index contributed by atoms with van der Waals surface area (Å²) in [5, 5.41) is 11.7. The van der Waals surface area contributed by atoms with Gasteiger partial charge in [0.05, 0.1) is 5.92 Å².